The van der Waals surface area contributed by atoms with Crippen molar-refractivity contribution in [3.8, 4) is 5.75 Å². The summed E-state index contributed by atoms with van der Waals surface area (Å²) in [4.78, 5) is 43.0. The third kappa shape index (κ3) is 5.55. The lowest BCUT2D eigenvalue weighted by atomic mass is 9.81. The number of hydrogen-bond donors (Lipinski definition) is 1. The molecule has 1 aliphatic heterocycles. The van der Waals surface area contributed by atoms with Gasteiger partial charge < -0.3 is 19.5 Å². The minimum atomic E-state index is -0.963. The van der Waals surface area contributed by atoms with Gasteiger partial charge in [0.2, 0.25) is 0 Å². The molecule has 1 fully saturated rings. The number of rotatable bonds is 6. The predicted molar refractivity (Wildman–Crippen MR) is 119 cm³/mol. The van der Waals surface area contributed by atoms with Gasteiger partial charge in [-0.2, -0.15) is 0 Å². The number of hydrogen-bond acceptors (Lipinski definition) is 6. The molecule has 1 N–H and O–H groups in total. The van der Waals surface area contributed by atoms with E-state index in [0.29, 0.717) is 41.6 Å². The zero-order valence-corrected chi connectivity index (χ0v) is 19.0. The summed E-state index contributed by atoms with van der Waals surface area (Å²) in [6.07, 6.45) is 2.26. The number of aliphatic carboxylic acids is 1. The standard InChI is InChI=1S/C24H30N2O6/c1-24(2,3)32-23(30)26-12-10-15(19(14-26)22(28)29)5-8-21(27)17-9-11-25-20-7-6-16(31-4)13-18(17)20/h6-7,9,11,13,15,19H,5,8,10,12,14H2,1-4H3,(H,28,29). The number of carboxylic acid groups (broad SMARTS) is 1. The van der Waals surface area contributed by atoms with Gasteiger partial charge in [0.05, 0.1) is 18.5 Å². The first-order valence-corrected chi connectivity index (χ1v) is 10.8. The normalized spacial score (nSPS) is 18.9. The minimum absolute atomic E-state index is 0.0654. The van der Waals surface area contributed by atoms with Crippen molar-refractivity contribution in [2.75, 3.05) is 20.2 Å². The maximum atomic E-state index is 13.0. The summed E-state index contributed by atoms with van der Waals surface area (Å²) in [5.41, 5.74) is 0.604. The van der Waals surface area contributed by atoms with E-state index in [1.165, 1.54) is 4.90 Å². The number of carbonyl (C=O) groups excluding carboxylic acids is 2. The Morgan fingerprint density at radius 3 is 2.62 bits per heavy atom. The SMILES string of the molecule is COc1ccc2nccc(C(=O)CCC3CCN(C(=O)OC(C)(C)C)CC3C(=O)O)c2c1. The molecule has 2 atom stereocenters. The fourth-order valence-electron chi connectivity index (χ4n) is 4.06. The van der Waals surface area contributed by atoms with E-state index in [2.05, 4.69) is 4.98 Å². The molecule has 2 heterocycles. The van der Waals surface area contributed by atoms with Gasteiger partial charge in [0.25, 0.3) is 0 Å². The summed E-state index contributed by atoms with van der Waals surface area (Å²) >= 11 is 0. The largest absolute Gasteiger partial charge is 0.497 e. The summed E-state index contributed by atoms with van der Waals surface area (Å²) in [5, 5.41) is 10.5. The predicted octanol–water partition coefficient (Wildman–Crippen LogP) is 4.16. The van der Waals surface area contributed by atoms with Gasteiger partial charge in [-0.15, -0.1) is 0 Å². The summed E-state index contributed by atoms with van der Waals surface area (Å²) in [6.45, 7) is 5.81. The van der Waals surface area contributed by atoms with Gasteiger partial charge in [0.15, 0.2) is 5.78 Å². The average molecular weight is 443 g/mol. The van der Waals surface area contributed by atoms with Crippen LogP contribution in [0.25, 0.3) is 10.9 Å². The third-order valence-corrected chi connectivity index (χ3v) is 5.72. The van der Waals surface area contributed by atoms with Crippen molar-refractivity contribution < 1.29 is 29.0 Å². The van der Waals surface area contributed by atoms with Crippen LogP contribution in [0.4, 0.5) is 4.79 Å². The highest BCUT2D eigenvalue weighted by Gasteiger charge is 2.37. The molecular weight excluding hydrogens is 412 g/mol. The number of carbonyl (C=O) groups is 3. The van der Waals surface area contributed by atoms with E-state index in [4.69, 9.17) is 9.47 Å². The number of aromatic nitrogens is 1. The number of Topliss-reactive ketones (excluding diaryl/α,β-unsaturated/α-hetero) is 1. The quantitative estimate of drug-likeness (QED) is 0.670. The molecule has 8 heteroatoms. The lowest BCUT2D eigenvalue weighted by Gasteiger charge is -2.37. The lowest BCUT2D eigenvalue weighted by Crippen LogP contribution is -2.48. The number of amides is 1. The number of carboxylic acids is 1. The molecule has 2 unspecified atom stereocenters. The average Bonchev–Trinajstić information content (AvgIpc) is 2.75. The smallest absolute Gasteiger partial charge is 0.410 e. The number of piperidine rings is 1. The Labute approximate surface area is 187 Å². The second kappa shape index (κ2) is 9.54. The molecule has 0 spiro atoms. The van der Waals surface area contributed by atoms with Crippen LogP contribution >= 0.6 is 0 Å². The van der Waals surface area contributed by atoms with Gasteiger partial charge in [0, 0.05) is 36.7 Å². The number of pyridine rings is 1. The van der Waals surface area contributed by atoms with E-state index in [0.717, 1.165) is 0 Å². The van der Waals surface area contributed by atoms with Crippen molar-refractivity contribution in [3.63, 3.8) is 0 Å². The maximum Gasteiger partial charge on any atom is 0.410 e. The molecule has 0 bridgehead atoms. The highest BCUT2D eigenvalue weighted by atomic mass is 16.6. The first kappa shape index (κ1) is 23.5. The molecular formula is C24H30N2O6. The van der Waals surface area contributed by atoms with Crippen molar-refractivity contribution in [1.82, 2.24) is 9.88 Å². The number of ether oxygens (including phenoxy) is 2. The second-order valence-electron chi connectivity index (χ2n) is 9.12. The van der Waals surface area contributed by atoms with Gasteiger partial charge in [-0.05, 0) is 63.8 Å². The Balaban J connectivity index is 1.69. The first-order valence-electron chi connectivity index (χ1n) is 10.8. The van der Waals surface area contributed by atoms with Crippen molar-refractivity contribution in [2.24, 2.45) is 11.8 Å². The number of likely N-dealkylation sites (tertiary alicyclic amines) is 1. The maximum absolute atomic E-state index is 13.0. The van der Waals surface area contributed by atoms with Crippen molar-refractivity contribution in [3.05, 3.63) is 36.0 Å². The Bertz CT molecular complexity index is 1010. The highest BCUT2D eigenvalue weighted by molar-refractivity contribution is 6.07. The molecule has 0 aliphatic carbocycles. The zero-order valence-electron chi connectivity index (χ0n) is 19.0. The van der Waals surface area contributed by atoms with Crippen LogP contribution in [0.5, 0.6) is 5.75 Å². The molecule has 1 aromatic heterocycles. The number of ketones is 1. The molecule has 3 rings (SSSR count). The monoisotopic (exact) mass is 442 g/mol. The fraction of sp³-hybridized carbons (Fsp3) is 0.500. The molecule has 1 amide bonds. The van der Waals surface area contributed by atoms with Crippen LogP contribution in [0.3, 0.4) is 0 Å². The number of methoxy groups -OCH3 is 1. The van der Waals surface area contributed by atoms with E-state index < -0.39 is 23.6 Å². The topological polar surface area (TPSA) is 106 Å². The van der Waals surface area contributed by atoms with Gasteiger partial charge in [-0.3, -0.25) is 14.6 Å². The molecule has 172 valence electrons. The van der Waals surface area contributed by atoms with Crippen LogP contribution in [0.15, 0.2) is 30.5 Å². The highest BCUT2D eigenvalue weighted by Crippen LogP contribution is 2.30. The van der Waals surface area contributed by atoms with Gasteiger partial charge in [-0.25, -0.2) is 4.79 Å². The van der Waals surface area contributed by atoms with Crippen molar-refractivity contribution >= 4 is 28.7 Å². The van der Waals surface area contributed by atoms with Crippen LogP contribution in [-0.2, 0) is 9.53 Å². The van der Waals surface area contributed by atoms with E-state index in [1.807, 2.05) is 0 Å². The van der Waals surface area contributed by atoms with E-state index >= 15 is 0 Å². The third-order valence-electron chi connectivity index (χ3n) is 5.72. The molecule has 2 aromatic rings. The number of nitrogens with zero attached hydrogens (tertiary/aromatic N) is 2. The van der Waals surface area contributed by atoms with Gasteiger partial charge in [-0.1, -0.05) is 0 Å². The van der Waals surface area contributed by atoms with Crippen LogP contribution in [0.2, 0.25) is 0 Å². The van der Waals surface area contributed by atoms with Crippen LogP contribution in [0, 0.1) is 11.8 Å². The summed E-state index contributed by atoms with van der Waals surface area (Å²) in [7, 11) is 1.56. The molecule has 1 aliphatic rings. The van der Waals surface area contributed by atoms with E-state index in [-0.39, 0.29) is 24.7 Å². The minimum Gasteiger partial charge on any atom is -0.497 e. The number of fused-ring (bicyclic) bond motifs is 1. The molecule has 32 heavy (non-hydrogen) atoms. The Kier molecular flexibility index (Phi) is 7.01. The molecule has 1 saturated heterocycles. The zero-order chi connectivity index (χ0) is 23.5. The first-order chi connectivity index (χ1) is 15.1. The van der Waals surface area contributed by atoms with Crippen molar-refractivity contribution in [2.45, 2.75) is 45.6 Å². The Morgan fingerprint density at radius 2 is 1.97 bits per heavy atom. The van der Waals surface area contributed by atoms with Crippen LogP contribution in [0.1, 0.15) is 50.4 Å². The fourth-order valence-corrected chi connectivity index (χ4v) is 4.06. The Hall–Kier alpha value is -3.16. The van der Waals surface area contributed by atoms with Gasteiger partial charge >= 0.3 is 12.1 Å². The van der Waals surface area contributed by atoms with Gasteiger partial charge in [0.1, 0.15) is 11.4 Å². The summed E-state index contributed by atoms with van der Waals surface area (Å²) in [5.74, 6) is -1.32. The lowest BCUT2D eigenvalue weighted by molar-refractivity contribution is -0.145. The molecule has 1 aromatic carbocycles. The van der Waals surface area contributed by atoms with E-state index in [1.54, 1.807) is 58.3 Å². The molecule has 0 saturated carbocycles. The summed E-state index contributed by atoms with van der Waals surface area (Å²) < 4.78 is 10.6. The molecule has 0 radical (unpaired) electrons. The molecule has 8 nitrogen and oxygen atoms in total. The van der Waals surface area contributed by atoms with Crippen LogP contribution in [-0.4, -0.2) is 58.6 Å². The Morgan fingerprint density at radius 1 is 1.22 bits per heavy atom. The van der Waals surface area contributed by atoms with Crippen LogP contribution < -0.4 is 4.74 Å². The number of benzene rings is 1. The van der Waals surface area contributed by atoms with Crippen molar-refractivity contribution in [1.29, 1.82) is 0 Å². The summed E-state index contributed by atoms with van der Waals surface area (Å²) in [6, 6.07) is 7.07. The second-order valence-corrected chi connectivity index (χ2v) is 9.12. The van der Waals surface area contributed by atoms with E-state index in [9.17, 15) is 19.5 Å².